The van der Waals surface area contributed by atoms with Crippen LogP contribution in [0, 0.1) is 5.82 Å². The Kier molecular flexibility index (Phi) is 8.57. The zero-order valence-corrected chi connectivity index (χ0v) is 18.7. The van der Waals surface area contributed by atoms with Gasteiger partial charge in [-0.2, -0.15) is 0 Å². The minimum absolute atomic E-state index is 0.0512. The van der Waals surface area contributed by atoms with Crippen LogP contribution in [0.2, 0.25) is 0 Å². The van der Waals surface area contributed by atoms with Crippen LogP contribution >= 0.6 is 0 Å². The molecule has 0 aliphatic carbocycles. The Hall–Kier alpha value is -3.67. The zero-order chi connectivity index (χ0) is 25.5. The molecule has 0 radical (unpaired) electrons. The topological polar surface area (TPSA) is 136 Å². The molecule has 12 heteroatoms. The Morgan fingerprint density at radius 2 is 2.00 bits per heavy atom. The minimum atomic E-state index is -3.54. The molecule has 0 saturated carbocycles. The van der Waals surface area contributed by atoms with Crippen molar-refractivity contribution in [2.24, 2.45) is 10.7 Å². The van der Waals surface area contributed by atoms with Crippen molar-refractivity contribution in [2.75, 3.05) is 18.5 Å². The number of nitrogens with zero attached hydrogens (tertiary/aromatic N) is 2. The number of pyridine rings is 1. The van der Waals surface area contributed by atoms with Crippen molar-refractivity contribution in [3.8, 4) is 5.75 Å². The van der Waals surface area contributed by atoms with Gasteiger partial charge in [-0.05, 0) is 51.1 Å². The second-order valence-electron chi connectivity index (χ2n) is 7.67. The number of anilines is 1. The first-order valence-electron chi connectivity index (χ1n) is 10.0. The largest absolute Gasteiger partial charge is 0.489 e. The third-order valence-corrected chi connectivity index (χ3v) is 4.70. The van der Waals surface area contributed by atoms with Crippen molar-refractivity contribution < 1.29 is 37.3 Å². The van der Waals surface area contributed by atoms with Crippen molar-refractivity contribution in [1.29, 1.82) is 0 Å². The molecule has 3 rings (SSSR count). The van der Waals surface area contributed by atoms with Gasteiger partial charge in [0, 0.05) is 11.3 Å². The maximum atomic E-state index is 14.8. The molecule has 34 heavy (non-hydrogen) atoms. The van der Waals surface area contributed by atoms with Crippen molar-refractivity contribution >= 4 is 23.9 Å². The molecule has 184 valence electrons. The number of hydrogen-bond acceptors (Lipinski definition) is 7. The second kappa shape index (κ2) is 11.0. The number of hydrogen-bond donors (Lipinski definition) is 3. The number of alkyl halides is 2. The average molecular weight is 482 g/mol. The number of nitrogens with two attached hydrogens (primary N) is 1. The Labute approximate surface area is 193 Å². The zero-order valence-electron chi connectivity index (χ0n) is 18.7. The molecule has 0 bridgehead atoms. The molecule has 1 aliphatic heterocycles. The van der Waals surface area contributed by atoms with Gasteiger partial charge in [-0.25, -0.2) is 18.2 Å². The Bertz CT molecular complexity index is 1050. The molecule has 1 atom stereocenters. The molecule has 0 fully saturated rings. The standard InChI is InChI=1S/C21H23F3N4O3.CH2O2/c1-12(2)31-14-5-7-17(26-9-14)19(29)27-13-4-6-16(22)15(8-13)20(3)21(23,24)11-30-10-18(25)28-20;2-1-3/h4-9,12H,10-11H2,1-3H3,(H2,25,28)(H,27,29);1H,(H,2,3)/t20-;/m1./s1. The molecular weight excluding hydrogens is 457 g/mol. The molecule has 1 aromatic heterocycles. The quantitative estimate of drug-likeness (QED) is 0.557. The predicted molar refractivity (Wildman–Crippen MR) is 118 cm³/mol. The van der Waals surface area contributed by atoms with Crippen LogP contribution in [0.1, 0.15) is 36.8 Å². The van der Waals surface area contributed by atoms with E-state index in [1.54, 1.807) is 6.07 Å². The number of aromatic nitrogens is 1. The van der Waals surface area contributed by atoms with Crippen LogP contribution in [0.4, 0.5) is 18.9 Å². The summed E-state index contributed by atoms with van der Waals surface area (Å²) >= 11 is 0. The number of amidine groups is 1. The number of carbonyl (C=O) groups is 2. The third kappa shape index (κ3) is 6.22. The molecule has 2 heterocycles. The summed E-state index contributed by atoms with van der Waals surface area (Å²) in [7, 11) is 0. The van der Waals surface area contributed by atoms with Gasteiger partial charge in [0.1, 0.15) is 36.3 Å². The van der Waals surface area contributed by atoms with E-state index >= 15 is 0 Å². The fourth-order valence-electron chi connectivity index (χ4n) is 3.11. The van der Waals surface area contributed by atoms with Gasteiger partial charge >= 0.3 is 0 Å². The first-order valence-corrected chi connectivity index (χ1v) is 10.0. The summed E-state index contributed by atoms with van der Waals surface area (Å²) in [4.78, 5) is 28.7. The summed E-state index contributed by atoms with van der Waals surface area (Å²) in [5.74, 6) is -4.73. The van der Waals surface area contributed by atoms with E-state index in [-0.39, 0.29) is 36.4 Å². The number of aliphatic imine (C=N–C) groups is 1. The molecule has 2 aromatic rings. The first kappa shape index (κ1) is 26.6. The summed E-state index contributed by atoms with van der Waals surface area (Å²) in [6, 6.07) is 6.40. The maximum absolute atomic E-state index is 14.8. The molecule has 4 N–H and O–H groups in total. The van der Waals surface area contributed by atoms with Gasteiger partial charge in [0.15, 0.2) is 5.54 Å². The average Bonchev–Trinajstić information content (AvgIpc) is 2.85. The highest BCUT2D eigenvalue weighted by Gasteiger charge is 2.54. The van der Waals surface area contributed by atoms with E-state index in [0.29, 0.717) is 5.75 Å². The Morgan fingerprint density at radius 3 is 2.59 bits per heavy atom. The van der Waals surface area contributed by atoms with Gasteiger partial charge < -0.3 is 25.6 Å². The highest BCUT2D eigenvalue weighted by molar-refractivity contribution is 6.02. The highest BCUT2D eigenvalue weighted by Crippen LogP contribution is 2.44. The van der Waals surface area contributed by atoms with E-state index in [9.17, 15) is 18.0 Å². The molecular formula is C22H25F3N4O5. The van der Waals surface area contributed by atoms with Crippen molar-refractivity contribution in [1.82, 2.24) is 4.98 Å². The molecule has 1 aromatic carbocycles. The number of benzene rings is 1. The maximum Gasteiger partial charge on any atom is 0.299 e. The van der Waals surface area contributed by atoms with Gasteiger partial charge in [0.25, 0.3) is 18.3 Å². The molecule has 1 amide bonds. The second-order valence-corrected chi connectivity index (χ2v) is 7.67. The summed E-state index contributed by atoms with van der Waals surface area (Å²) in [5.41, 5.74) is 3.08. The minimum Gasteiger partial charge on any atom is -0.489 e. The van der Waals surface area contributed by atoms with Crippen LogP contribution in [-0.2, 0) is 15.1 Å². The van der Waals surface area contributed by atoms with E-state index in [4.69, 9.17) is 25.1 Å². The first-order chi connectivity index (χ1) is 15.9. The van der Waals surface area contributed by atoms with Crippen LogP contribution in [0.3, 0.4) is 0 Å². The van der Waals surface area contributed by atoms with Gasteiger partial charge in [-0.15, -0.1) is 0 Å². The number of carboxylic acid groups (broad SMARTS) is 1. The fourth-order valence-corrected chi connectivity index (χ4v) is 3.11. The summed E-state index contributed by atoms with van der Waals surface area (Å²) in [5, 5.41) is 9.42. The van der Waals surface area contributed by atoms with Gasteiger partial charge in [0.2, 0.25) is 0 Å². The number of ether oxygens (including phenoxy) is 2. The molecule has 9 nitrogen and oxygen atoms in total. The number of halogens is 3. The monoisotopic (exact) mass is 482 g/mol. The lowest BCUT2D eigenvalue weighted by atomic mass is 9.85. The molecule has 0 saturated heterocycles. The Morgan fingerprint density at radius 1 is 1.32 bits per heavy atom. The van der Waals surface area contributed by atoms with Gasteiger partial charge in [0.05, 0.1) is 12.3 Å². The van der Waals surface area contributed by atoms with E-state index in [0.717, 1.165) is 19.1 Å². The third-order valence-electron chi connectivity index (χ3n) is 4.70. The smallest absolute Gasteiger partial charge is 0.299 e. The number of rotatable bonds is 5. The van der Waals surface area contributed by atoms with E-state index in [2.05, 4.69) is 15.3 Å². The highest BCUT2D eigenvalue weighted by atomic mass is 19.3. The molecule has 0 unspecified atom stereocenters. The van der Waals surface area contributed by atoms with E-state index in [1.165, 1.54) is 18.3 Å². The SMILES string of the molecule is CC(C)Oc1ccc(C(=O)Nc2ccc(F)c([C@@]3(C)N=C(N)COCC3(F)F)c2)nc1.O=CO. The number of carbonyl (C=O) groups excluding carboxylic acids is 1. The van der Waals surface area contributed by atoms with Crippen molar-refractivity contribution in [3.05, 3.63) is 53.6 Å². The van der Waals surface area contributed by atoms with Crippen LogP contribution < -0.4 is 15.8 Å². The molecule has 1 aliphatic rings. The van der Waals surface area contributed by atoms with Crippen LogP contribution in [0.15, 0.2) is 41.5 Å². The van der Waals surface area contributed by atoms with E-state index < -0.39 is 35.4 Å². The lowest BCUT2D eigenvalue weighted by Gasteiger charge is -2.33. The van der Waals surface area contributed by atoms with Gasteiger partial charge in [-0.3, -0.25) is 14.6 Å². The summed E-state index contributed by atoms with van der Waals surface area (Å²) in [6.45, 7) is 3.28. The normalized spacial score (nSPS) is 19.2. The number of nitrogens with one attached hydrogen (secondary N) is 1. The van der Waals surface area contributed by atoms with Crippen LogP contribution in [0.25, 0.3) is 0 Å². The summed E-state index contributed by atoms with van der Waals surface area (Å²) in [6.07, 6.45) is 1.35. The van der Waals surface area contributed by atoms with Gasteiger partial charge in [-0.1, -0.05) is 0 Å². The lowest BCUT2D eigenvalue weighted by Crippen LogP contribution is -2.45. The van der Waals surface area contributed by atoms with Crippen LogP contribution in [0.5, 0.6) is 5.75 Å². The fraction of sp³-hybridized carbons (Fsp3) is 0.364. The van der Waals surface area contributed by atoms with Crippen LogP contribution in [-0.4, -0.2) is 53.5 Å². The van der Waals surface area contributed by atoms with E-state index in [1.807, 2.05) is 13.8 Å². The molecule has 0 spiro atoms. The summed E-state index contributed by atoms with van der Waals surface area (Å²) < 4.78 is 54.5. The lowest BCUT2D eigenvalue weighted by molar-refractivity contribution is -0.122. The van der Waals surface area contributed by atoms with Crippen molar-refractivity contribution in [2.45, 2.75) is 38.3 Å². The van der Waals surface area contributed by atoms with Crippen molar-refractivity contribution in [3.63, 3.8) is 0 Å². The Balaban J connectivity index is 0.00000129. The predicted octanol–water partition coefficient (Wildman–Crippen LogP) is 3.20. The number of amides is 1.